The highest BCUT2D eigenvalue weighted by atomic mass is 16.6. The summed E-state index contributed by atoms with van der Waals surface area (Å²) in [6, 6.07) is 18.9. The molecule has 3 aromatic carbocycles. The van der Waals surface area contributed by atoms with Crippen LogP contribution in [0.5, 0.6) is 17.2 Å². The summed E-state index contributed by atoms with van der Waals surface area (Å²) in [5, 5.41) is 4.15. The van der Waals surface area contributed by atoms with Crippen LogP contribution in [0, 0.1) is 6.92 Å². The standard InChI is InChI=1S/C24H23NO5/c1-16(2)23(26)28-14-13-25-24(27)30-22-17(3)15-21(19-11-7-8-12-20(19)22)29-18-9-5-4-6-10-18/h4-12,15H,1,13-14H2,2-3H3,(H,25,27). The minimum Gasteiger partial charge on any atom is -0.460 e. The third-order valence-corrected chi connectivity index (χ3v) is 4.26. The molecule has 3 aromatic rings. The fourth-order valence-electron chi connectivity index (χ4n) is 2.83. The number of benzene rings is 3. The van der Waals surface area contributed by atoms with Crippen molar-refractivity contribution in [1.29, 1.82) is 0 Å². The Balaban J connectivity index is 1.74. The number of aryl methyl sites for hydroxylation is 1. The normalized spacial score (nSPS) is 10.3. The van der Waals surface area contributed by atoms with Crippen LogP contribution in [0.3, 0.4) is 0 Å². The molecule has 0 heterocycles. The number of rotatable bonds is 7. The molecule has 0 bridgehead atoms. The summed E-state index contributed by atoms with van der Waals surface area (Å²) in [6.07, 6.45) is -0.633. The van der Waals surface area contributed by atoms with Crippen LogP contribution < -0.4 is 14.8 Å². The minimum atomic E-state index is -0.633. The molecule has 30 heavy (non-hydrogen) atoms. The predicted molar refractivity (Wildman–Crippen MR) is 115 cm³/mol. The van der Waals surface area contributed by atoms with Gasteiger partial charge in [0.15, 0.2) is 0 Å². The van der Waals surface area contributed by atoms with Gasteiger partial charge >= 0.3 is 12.1 Å². The number of para-hydroxylation sites is 1. The summed E-state index contributed by atoms with van der Waals surface area (Å²) < 4.78 is 16.5. The monoisotopic (exact) mass is 405 g/mol. The highest BCUT2D eigenvalue weighted by molar-refractivity contribution is 5.96. The second-order valence-electron chi connectivity index (χ2n) is 6.71. The second kappa shape index (κ2) is 9.60. The van der Waals surface area contributed by atoms with Crippen molar-refractivity contribution in [2.75, 3.05) is 13.2 Å². The number of fused-ring (bicyclic) bond motifs is 1. The molecule has 1 amide bonds. The van der Waals surface area contributed by atoms with Crippen molar-refractivity contribution in [2.24, 2.45) is 0 Å². The van der Waals surface area contributed by atoms with Gasteiger partial charge in [-0.05, 0) is 37.6 Å². The maximum atomic E-state index is 12.2. The smallest absolute Gasteiger partial charge is 0.412 e. The zero-order chi connectivity index (χ0) is 21.5. The molecule has 0 aromatic heterocycles. The fraction of sp³-hybridized carbons (Fsp3) is 0.167. The lowest BCUT2D eigenvalue weighted by atomic mass is 10.0. The summed E-state index contributed by atoms with van der Waals surface area (Å²) in [4.78, 5) is 23.6. The van der Waals surface area contributed by atoms with E-state index in [1.165, 1.54) is 0 Å². The van der Waals surface area contributed by atoms with Crippen LogP contribution in [0.4, 0.5) is 4.79 Å². The molecular weight excluding hydrogens is 382 g/mol. The van der Waals surface area contributed by atoms with E-state index < -0.39 is 12.1 Å². The fourth-order valence-corrected chi connectivity index (χ4v) is 2.83. The van der Waals surface area contributed by atoms with Crippen molar-refractivity contribution in [1.82, 2.24) is 5.32 Å². The first kappa shape index (κ1) is 20.9. The van der Waals surface area contributed by atoms with Gasteiger partial charge in [0.1, 0.15) is 23.9 Å². The van der Waals surface area contributed by atoms with E-state index in [2.05, 4.69) is 11.9 Å². The molecule has 0 atom stereocenters. The van der Waals surface area contributed by atoms with Gasteiger partial charge in [0.2, 0.25) is 0 Å². The Bertz CT molecular complexity index is 1080. The highest BCUT2D eigenvalue weighted by Gasteiger charge is 2.15. The summed E-state index contributed by atoms with van der Waals surface area (Å²) in [5.41, 5.74) is 1.06. The van der Waals surface area contributed by atoms with E-state index in [0.717, 1.165) is 22.1 Å². The van der Waals surface area contributed by atoms with E-state index in [4.69, 9.17) is 14.2 Å². The third kappa shape index (κ3) is 5.17. The Hall–Kier alpha value is -3.80. The molecule has 0 unspecified atom stereocenters. The molecule has 0 saturated carbocycles. The average molecular weight is 405 g/mol. The first-order valence-electron chi connectivity index (χ1n) is 9.49. The Kier molecular flexibility index (Phi) is 6.70. The van der Waals surface area contributed by atoms with Gasteiger partial charge in [0.05, 0.1) is 6.54 Å². The quantitative estimate of drug-likeness (QED) is 0.334. The van der Waals surface area contributed by atoms with E-state index in [1.807, 2.05) is 67.6 Å². The van der Waals surface area contributed by atoms with E-state index >= 15 is 0 Å². The molecule has 6 heteroatoms. The number of nitrogens with one attached hydrogen (secondary N) is 1. The SMILES string of the molecule is C=C(C)C(=O)OCCNC(=O)Oc1c(C)cc(Oc2ccccc2)c2ccccc12. The number of carbonyl (C=O) groups is 2. The van der Waals surface area contributed by atoms with Crippen molar-refractivity contribution in [2.45, 2.75) is 13.8 Å². The lowest BCUT2D eigenvalue weighted by Gasteiger charge is -2.15. The number of hydrogen-bond acceptors (Lipinski definition) is 5. The molecular formula is C24H23NO5. The van der Waals surface area contributed by atoms with Gasteiger partial charge in [-0.2, -0.15) is 0 Å². The molecule has 0 aliphatic carbocycles. The molecule has 3 rings (SSSR count). The molecule has 0 aliphatic rings. The van der Waals surface area contributed by atoms with Crippen LogP contribution in [-0.4, -0.2) is 25.2 Å². The van der Waals surface area contributed by atoms with Crippen LogP contribution in [0.1, 0.15) is 12.5 Å². The summed E-state index contributed by atoms with van der Waals surface area (Å²) in [6.45, 7) is 7.07. The van der Waals surface area contributed by atoms with Crippen LogP contribution >= 0.6 is 0 Å². The van der Waals surface area contributed by atoms with Crippen molar-refractivity contribution in [3.63, 3.8) is 0 Å². The first-order chi connectivity index (χ1) is 14.5. The van der Waals surface area contributed by atoms with E-state index in [0.29, 0.717) is 17.1 Å². The zero-order valence-corrected chi connectivity index (χ0v) is 16.9. The van der Waals surface area contributed by atoms with Gasteiger partial charge in [-0.15, -0.1) is 0 Å². The van der Waals surface area contributed by atoms with Crippen molar-refractivity contribution in [3.05, 3.63) is 78.4 Å². The third-order valence-electron chi connectivity index (χ3n) is 4.26. The Morgan fingerprint density at radius 3 is 2.37 bits per heavy atom. The predicted octanol–water partition coefficient (Wildman–Crippen LogP) is 5.15. The number of carbonyl (C=O) groups excluding carboxylic acids is 2. The Morgan fingerprint density at radius 2 is 1.67 bits per heavy atom. The summed E-state index contributed by atoms with van der Waals surface area (Å²) in [5.74, 6) is 1.34. The average Bonchev–Trinajstić information content (AvgIpc) is 2.74. The van der Waals surface area contributed by atoms with Crippen molar-refractivity contribution < 1.29 is 23.8 Å². The molecule has 154 valence electrons. The molecule has 0 radical (unpaired) electrons. The van der Waals surface area contributed by atoms with Crippen LogP contribution in [0.2, 0.25) is 0 Å². The minimum absolute atomic E-state index is 0.0321. The van der Waals surface area contributed by atoms with Gasteiger partial charge in [-0.25, -0.2) is 9.59 Å². The summed E-state index contributed by atoms with van der Waals surface area (Å²) >= 11 is 0. The van der Waals surface area contributed by atoms with Gasteiger partial charge < -0.3 is 19.5 Å². The maximum Gasteiger partial charge on any atom is 0.412 e. The van der Waals surface area contributed by atoms with Crippen molar-refractivity contribution in [3.8, 4) is 17.2 Å². The number of esters is 1. The van der Waals surface area contributed by atoms with E-state index in [1.54, 1.807) is 6.92 Å². The second-order valence-corrected chi connectivity index (χ2v) is 6.71. The van der Waals surface area contributed by atoms with Gasteiger partial charge in [-0.3, -0.25) is 0 Å². The number of hydrogen-bond donors (Lipinski definition) is 1. The topological polar surface area (TPSA) is 73.9 Å². The molecule has 6 nitrogen and oxygen atoms in total. The van der Waals surface area contributed by atoms with Gasteiger partial charge in [0, 0.05) is 16.3 Å². The number of ether oxygens (including phenoxy) is 3. The Labute approximate surface area is 175 Å². The van der Waals surface area contributed by atoms with Crippen LogP contribution in [-0.2, 0) is 9.53 Å². The zero-order valence-electron chi connectivity index (χ0n) is 16.9. The largest absolute Gasteiger partial charge is 0.460 e. The lowest BCUT2D eigenvalue weighted by molar-refractivity contribution is -0.138. The Morgan fingerprint density at radius 1 is 1.00 bits per heavy atom. The first-order valence-corrected chi connectivity index (χ1v) is 9.49. The lowest BCUT2D eigenvalue weighted by Crippen LogP contribution is -2.30. The number of amides is 1. The van der Waals surface area contributed by atoms with Crippen molar-refractivity contribution >= 4 is 22.8 Å². The van der Waals surface area contributed by atoms with Crippen LogP contribution in [0.25, 0.3) is 10.8 Å². The summed E-state index contributed by atoms with van der Waals surface area (Å²) in [7, 11) is 0. The molecule has 0 spiro atoms. The maximum absolute atomic E-state index is 12.2. The van der Waals surface area contributed by atoms with Gasteiger partial charge in [-0.1, -0.05) is 49.0 Å². The van der Waals surface area contributed by atoms with E-state index in [-0.39, 0.29) is 13.2 Å². The molecule has 1 N–H and O–H groups in total. The highest BCUT2D eigenvalue weighted by Crippen LogP contribution is 2.38. The molecule has 0 aliphatic heterocycles. The molecule has 0 saturated heterocycles. The van der Waals surface area contributed by atoms with E-state index in [9.17, 15) is 9.59 Å². The van der Waals surface area contributed by atoms with Crippen LogP contribution in [0.15, 0.2) is 72.8 Å². The van der Waals surface area contributed by atoms with Gasteiger partial charge in [0.25, 0.3) is 0 Å². The molecule has 0 fully saturated rings.